The van der Waals surface area contributed by atoms with Crippen LogP contribution in [0.3, 0.4) is 0 Å². The number of rotatable bonds is 3. The minimum atomic E-state index is -0.407. The molecule has 118 valence electrons. The molecule has 0 saturated heterocycles. The molecule has 0 spiro atoms. The van der Waals surface area contributed by atoms with Gasteiger partial charge in [0.25, 0.3) is 0 Å². The van der Waals surface area contributed by atoms with Crippen molar-refractivity contribution in [2.75, 3.05) is 10.6 Å². The van der Waals surface area contributed by atoms with Crippen LogP contribution in [-0.4, -0.2) is 17.1 Å². The van der Waals surface area contributed by atoms with Gasteiger partial charge in [-0.1, -0.05) is 18.2 Å². The summed E-state index contributed by atoms with van der Waals surface area (Å²) < 4.78 is 0. The number of benzene rings is 2. The number of anilines is 2. The highest BCUT2D eigenvalue weighted by atomic mass is 32.2. The van der Waals surface area contributed by atoms with Crippen molar-refractivity contribution >= 4 is 35.0 Å². The van der Waals surface area contributed by atoms with Gasteiger partial charge < -0.3 is 10.6 Å². The Morgan fingerprint density at radius 3 is 2.61 bits per heavy atom. The number of hydrogen-bond acceptors (Lipinski definition) is 3. The molecule has 0 radical (unpaired) electrons. The van der Waals surface area contributed by atoms with Crippen molar-refractivity contribution < 1.29 is 9.59 Å². The quantitative estimate of drug-likeness (QED) is 0.903. The van der Waals surface area contributed by atoms with Crippen LogP contribution in [-0.2, 0) is 9.59 Å². The van der Waals surface area contributed by atoms with E-state index in [1.807, 2.05) is 50.2 Å². The number of thioether (sulfide) groups is 1. The van der Waals surface area contributed by atoms with Crippen LogP contribution in [0.25, 0.3) is 0 Å². The molecule has 2 aromatic carbocycles. The van der Waals surface area contributed by atoms with Crippen LogP contribution < -0.4 is 10.6 Å². The molecule has 4 nitrogen and oxygen atoms in total. The molecule has 1 heterocycles. The Kier molecular flexibility index (Phi) is 4.39. The van der Waals surface area contributed by atoms with Gasteiger partial charge in [-0.15, -0.1) is 11.8 Å². The van der Waals surface area contributed by atoms with Crippen molar-refractivity contribution in [3.05, 3.63) is 53.6 Å². The molecule has 1 aliphatic rings. The van der Waals surface area contributed by atoms with Crippen LogP contribution >= 0.6 is 11.8 Å². The summed E-state index contributed by atoms with van der Waals surface area (Å²) in [6.07, 6.45) is 0.151. The Morgan fingerprint density at radius 2 is 1.87 bits per heavy atom. The molecule has 0 aliphatic carbocycles. The van der Waals surface area contributed by atoms with E-state index in [9.17, 15) is 9.59 Å². The molecule has 1 unspecified atom stereocenters. The van der Waals surface area contributed by atoms with Crippen molar-refractivity contribution in [3.63, 3.8) is 0 Å². The third-order valence-corrected chi connectivity index (χ3v) is 4.86. The molecule has 2 aromatic rings. The van der Waals surface area contributed by atoms with Crippen LogP contribution in [0.5, 0.6) is 0 Å². The van der Waals surface area contributed by atoms with E-state index in [0.717, 1.165) is 27.4 Å². The van der Waals surface area contributed by atoms with E-state index in [1.165, 1.54) is 11.8 Å². The van der Waals surface area contributed by atoms with E-state index in [1.54, 1.807) is 0 Å². The Morgan fingerprint density at radius 1 is 1.17 bits per heavy atom. The van der Waals surface area contributed by atoms with E-state index in [0.29, 0.717) is 0 Å². The number of amides is 2. The molecule has 23 heavy (non-hydrogen) atoms. The largest absolute Gasteiger partial charge is 0.326 e. The third kappa shape index (κ3) is 3.74. The number of aryl methyl sites for hydroxylation is 2. The molecule has 0 fully saturated rings. The van der Waals surface area contributed by atoms with E-state index < -0.39 is 5.25 Å². The van der Waals surface area contributed by atoms with Crippen molar-refractivity contribution in [2.45, 2.75) is 30.4 Å². The van der Waals surface area contributed by atoms with Crippen molar-refractivity contribution in [2.24, 2.45) is 0 Å². The Hall–Kier alpha value is -2.27. The zero-order valence-electron chi connectivity index (χ0n) is 13.1. The van der Waals surface area contributed by atoms with Crippen molar-refractivity contribution in [1.29, 1.82) is 0 Å². The second-order valence-electron chi connectivity index (χ2n) is 5.72. The summed E-state index contributed by atoms with van der Waals surface area (Å²) >= 11 is 1.44. The lowest BCUT2D eigenvalue weighted by molar-refractivity contribution is -0.120. The molecule has 0 bridgehead atoms. The van der Waals surface area contributed by atoms with Crippen LogP contribution in [0.4, 0.5) is 11.4 Å². The maximum Gasteiger partial charge on any atom is 0.238 e. The maximum atomic E-state index is 12.3. The van der Waals surface area contributed by atoms with Crippen molar-refractivity contribution in [1.82, 2.24) is 0 Å². The van der Waals surface area contributed by atoms with Gasteiger partial charge in [0, 0.05) is 17.0 Å². The normalized spacial score (nSPS) is 16.4. The van der Waals surface area contributed by atoms with E-state index in [-0.39, 0.29) is 18.2 Å². The number of para-hydroxylation sites is 1. The standard InChI is InChI=1S/C18H18N2O2S/c1-11-7-12(2)9-13(8-11)19-17(21)10-16-18(22)20-14-5-3-4-6-15(14)23-16/h3-9,16H,10H2,1-2H3,(H,19,21)(H,20,22). The molecular formula is C18H18N2O2S. The Bertz CT molecular complexity index is 753. The third-order valence-electron chi connectivity index (χ3n) is 3.58. The minimum Gasteiger partial charge on any atom is -0.326 e. The summed E-state index contributed by atoms with van der Waals surface area (Å²) in [5.41, 5.74) is 3.78. The highest BCUT2D eigenvalue weighted by Gasteiger charge is 2.28. The summed E-state index contributed by atoms with van der Waals surface area (Å²) in [5.74, 6) is -0.272. The fourth-order valence-corrected chi connectivity index (χ4v) is 3.76. The first kappa shape index (κ1) is 15.6. The maximum absolute atomic E-state index is 12.3. The van der Waals surface area contributed by atoms with Gasteiger partial charge in [0.15, 0.2) is 0 Å². The number of carbonyl (C=O) groups excluding carboxylic acids is 2. The molecule has 1 aliphatic heterocycles. The fourth-order valence-electron chi connectivity index (χ4n) is 2.65. The lowest BCUT2D eigenvalue weighted by Gasteiger charge is -2.23. The summed E-state index contributed by atoms with van der Waals surface area (Å²) in [6, 6.07) is 13.5. The van der Waals surface area contributed by atoms with E-state index in [2.05, 4.69) is 16.7 Å². The zero-order valence-corrected chi connectivity index (χ0v) is 13.9. The van der Waals surface area contributed by atoms with Gasteiger partial charge in [0.2, 0.25) is 11.8 Å². The second-order valence-corrected chi connectivity index (χ2v) is 6.97. The van der Waals surface area contributed by atoms with Gasteiger partial charge >= 0.3 is 0 Å². The fraction of sp³-hybridized carbons (Fsp3) is 0.222. The number of hydrogen-bond donors (Lipinski definition) is 2. The topological polar surface area (TPSA) is 58.2 Å². The summed E-state index contributed by atoms with van der Waals surface area (Å²) in [6.45, 7) is 3.98. The molecular weight excluding hydrogens is 308 g/mol. The van der Waals surface area contributed by atoms with Gasteiger partial charge in [0.1, 0.15) is 0 Å². The summed E-state index contributed by atoms with van der Waals surface area (Å²) in [7, 11) is 0. The minimum absolute atomic E-state index is 0.121. The molecule has 2 amide bonds. The van der Waals surface area contributed by atoms with E-state index >= 15 is 0 Å². The summed E-state index contributed by atoms with van der Waals surface area (Å²) in [5, 5.41) is 5.33. The van der Waals surface area contributed by atoms with E-state index in [4.69, 9.17) is 0 Å². The first-order valence-electron chi connectivity index (χ1n) is 7.46. The summed E-state index contributed by atoms with van der Waals surface area (Å²) in [4.78, 5) is 25.4. The molecule has 1 atom stereocenters. The number of nitrogens with one attached hydrogen (secondary N) is 2. The molecule has 0 saturated carbocycles. The van der Waals surface area contributed by atoms with Crippen molar-refractivity contribution in [3.8, 4) is 0 Å². The number of fused-ring (bicyclic) bond motifs is 1. The van der Waals surface area contributed by atoms with Gasteiger partial charge in [-0.2, -0.15) is 0 Å². The highest BCUT2D eigenvalue weighted by molar-refractivity contribution is 8.01. The first-order chi connectivity index (χ1) is 11.0. The van der Waals surface area contributed by atoms with Crippen LogP contribution in [0.15, 0.2) is 47.4 Å². The molecule has 2 N–H and O–H groups in total. The van der Waals surface area contributed by atoms with Crippen LogP contribution in [0.1, 0.15) is 17.5 Å². The van der Waals surface area contributed by atoms with Gasteiger partial charge in [-0.3, -0.25) is 9.59 Å². The lowest BCUT2D eigenvalue weighted by Crippen LogP contribution is -2.32. The predicted molar refractivity (Wildman–Crippen MR) is 93.9 cm³/mol. The molecule has 5 heteroatoms. The average Bonchev–Trinajstić information content (AvgIpc) is 2.46. The van der Waals surface area contributed by atoms with Gasteiger partial charge in [-0.25, -0.2) is 0 Å². The second kappa shape index (κ2) is 6.46. The molecule has 0 aromatic heterocycles. The monoisotopic (exact) mass is 326 g/mol. The average molecular weight is 326 g/mol. The van der Waals surface area contributed by atoms with Crippen LogP contribution in [0, 0.1) is 13.8 Å². The Labute approximate surface area is 139 Å². The molecule has 3 rings (SSSR count). The SMILES string of the molecule is Cc1cc(C)cc(NC(=O)CC2Sc3ccccc3NC2=O)c1. The van der Waals surface area contributed by atoms with Gasteiger partial charge in [0.05, 0.1) is 10.9 Å². The zero-order chi connectivity index (χ0) is 16.4. The van der Waals surface area contributed by atoms with Gasteiger partial charge in [-0.05, 0) is 49.2 Å². The highest BCUT2D eigenvalue weighted by Crippen LogP contribution is 2.36. The first-order valence-corrected chi connectivity index (χ1v) is 8.34. The lowest BCUT2D eigenvalue weighted by atomic mass is 10.1. The van der Waals surface area contributed by atoms with Crippen LogP contribution in [0.2, 0.25) is 0 Å². The predicted octanol–water partition coefficient (Wildman–Crippen LogP) is 3.75. The Balaban J connectivity index is 1.67. The smallest absolute Gasteiger partial charge is 0.238 e. The number of carbonyl (C=O) groups is 2.